The van der Waals surface area contributed by atoms with E-state index in [1.165, 1.54) is 17.8 Å². The number of nitrogens with zero attached hydrogens (tertiary/aromatic N) is 4. The Labute approximate surface area is 143 Å². The predicted octanol–water partition coefficient (Wildman–Crippen LogP) is 4.24. The molecule has 0 aliphatic carbocycles. The molecule has 2 aromatic carbocycles. The molecule has 1 aromatic heterocycles. The molecular weight excluding hydrogens is 324 g/mol. The first-order valence-corrected chi connectivity index (χ1v) is 8.30. The van der Waals surface area contributed by atoms with E-state index in [-0.39, 0.29) is 15.9 Å². The van der Waals surface area contributed by atoms with Gasteiger partial charge in [0.1, 0.15) is 0 Å². The van der Waals surface area contributed by atoms with E-state index in [2.05, 4.69) is 10.2 Å². The van der Waals surface area contributed by atoms with Gasteiger partial charge >= 0.3 is 0 Å². The summed E-state index contributed by atoms with van der Waals surface area (Å²) >= 11 is 1.53. The van der Waals surface area contributed by atoms with E-state index in [0.717, 1.165) is 22.1 Å². The molecule has 24 heavy (non-hydrogen) atoms. The highest BCUT2D eigenvalue weighted by atomic mass is 32.2. The van der Waals surface area contributed by atoms with Crippen LogP contribution in [0.15, 0.2) is 59.8 Å². The first-order valence-electron chi connectivity index (χ1n) is 7.42. The molecule has 0 saturated carbocycles. The second-order valence-electron chi connectivity index (χ2n) is 5.34. The first-order chi connectivity index (χ1) is 11.6. The van der Waals surface area contributed by atoms with Crippen molar-refractivity contribution in [3.8, 4) is 11.4 Å². The average molecular weight is 340 g/mol. The Hall–Kier alpha value is -2.67. The van der Waals surface area contributed by atoms with Crippen LogP contribution < -0.4 is 0 Å². The third-order valence-electron chi connectivity index (χ3n) is 3.70. The number of hydrogen-bond acceptors (Lipinski definition) is 5. The van der Waals surface area contributed by atoms with Crippen LogP contribution in [0.5, 0.6) is 0 Å². The minimum absolute atomic E-state index is 0.0245. The van der Waals surface area contributed by atoms with Gasteiger partial charge in [0.05, 0.1) is 4.92 Å². The quantitative estimate of drug-likeness (QED) is 0.394. The van der Waals surface area contributed by atoms with Crippen molar-refractivity contribution in [3.63, 3.8) is 0 Å². The number of benzene rings is 2. The molecule has 0 bridgehead atoms. The predicted molar refractivity (Wildman–Crippen MR) is 93.8 cm³/mol. The van der Waals surface area contributed by atoms with Crippen molar-refractivity contribution in [1.29, 1.82) is 0 Å². The van der Waals surface area contributed by atoms with Gasteiger partial charge in [0.15, 0.2) is 11.0 Å². The van der Waals surface area contributed by atoms with Gasteiger partial charge in [-0.05, 0) is 12.5 Å². The Bertz CT molecular complexity index is 864. The molecule has 3 rings (SSSR count). The summed E-state index contributed by atoms with van der Waals surface area (Å²) in [6.07, 6.45) is 0. The van der Waals surface area contributed by atoms with Crippen molar-refractivity contribution in [1.82, 2.24) is 14.8 Å². The fourth-order valence-corrected chi connectivity index (χ4v) is 3.30. The summed E-state index contributed by atoms with van der Waals surface area (Å²) in [7, 11) is 1.92. The van der Waals surface area contributed by atoms with Gasteiger partial charge in [0.25, 0.3) is 5.69 Å². The second kappa shape index (κ2) is 6.84. The van der Waals surface area contributed by atoms with Crippen molar-refractivity contribution in [2.24, 2.45) is 7.05 Å². The zero-order valence-electron chi connectivity index (χ0n) is 13.3. The van der Waals surface area contributed by atoms with E-state index in [1.807, 2.05) is 54.9 Å². The maximum atomic E-state index is 10.9. The molecule has 0 saturated heterocycles. The zero-order valence-corrected chi connectivity index (χ0v) is 14.1. The minimum atomic E-state index is -0.378. The lowest BCUT2D eigenvalue weighted by molar-refractivity contribution is -0.384. The Morgan fingerprint density at radius 1 is 1.12 bits per heavy atom. The maximum Gasteiger partial charge on any atom is 0.269 e. The highest BCUT2D eigenvalue weighted by molar-refractivity contribution is 7.99. The van der Waals surface area contributed by atoms with Crippen LogP contribution >= 0.6 is 11.8 Å². The number of nitro benzene ring substituents is 1. The van der Waals surface area contributed by atoms with Crippen LogP contribution in [0.1, 0.15) is 17.7 Å². The monoisotopic (exact) mass is 340 g/mol. The van der Waals surface area contributed by atoms with Crippen LogP contribution in [0.3, 0.4) is 0 Å². The van der Waals surface area contributed by atoms with Gasteiger partial charge in [0, 0.05) is 30.0 Å². The third kappa shape index (κ3) is 3.30. The first kappa shape index (κ1) is 16.2. The highest BCUT2D eigenvalue weighted by Crippen LogP contribution is 2.35. The molecule has 0 aliphatic heterocycles. The summed E-state index contributed by atoms with van der Waals surface area (Å²) in [5.41, 5.74) is 1.99. The number of rotatable bonds is 5. The van der Waals surface area contributed by atoms with Crippen LogP contribution in [0.4, 0.5) is 5.69 Å². The largest absolute Gasteiger partial charge is 0.305 e. The van der Waals surface area contributed by atoms with Crippen LogP contribution in [0.2, 0.25) is 0 Å². The molecule has 1 heterocycles. The lowest BCUT2D eigenvalue weighted by Gasteiger charge is -2.11. The topological polar surface area (TPSA) is 73.8 Å². The van der Waals surface area contributed by atoms with Crippen molar-refractivity contribution >= 4 is 17.4 Å². The Morgan fingerprint density at radius 2 is 1.88 bits per heavy atom. The third-order valence-corrected chi connectivity index (χ3v) is 4.89. The SMILES string of the molecule is C[C@H](Sc1nnc(-c2ccccc2)n1C)c1cccc([N+](=O)[O-])c1. The van der Waals surface area contributed by atoms with E-state index < -0.39 is 0 Å². The number of aromatic nitrogens is 3. The molecule has 0 radical (unpaired) electrons. The van der Waals surface area contributed by atoms with E-state index in [9.17, 15) is 10.1 Å². The summed E-state index contributed by atoms with van der Waals surface area (Å²) < 4.78 is 1.94. The van der Waals surface area contributed by atoms with E-state index >= 15 is 0 Å². The molecule has 0 spiro atoms. The molecule has 0 unspecified atom stereocenters. The molecule has 0 N–H and O–H groups in total. The smallest absolute Gasteiger partial charge is 0.269 e. The van der Waals surface area contributed by atoms with Gasteiger partial charge in [-0.15, -0.1) is 10.2 Å². The van der Waals surface area contributed by atoms with Crippen molar-refractivity contribution in [2.75, 3.05) is 0 Å². The van der Waals surface area contributed by atoms with Crippen molar-refractivity contribution in [3.05, 3.63) is 70.3 Å². The molecule has 0 amide bonds. The fourth-order valence-electron chi connectivity index (χ4n) is 2.37. The number of hydrogen-bond donors (Lipinski definition) is 0. The normalized spacial score (nSPS) is 12.1. The second-order valence-corrected chi connectivity index (χ2v) is 6.65. The van der Waals surface area contributed by atoms with Crippen LogP contribution in [0.25, 0.3) is 11.4 Å². The summed E-state index contributed by atoms with van der Waals surface area (Å²) in [5.74, 6) is 0.796. The number of nitro groups is 1. The molecule has 0 fully saturated rings. The molecule has 0 aliphatic rings. The number of thioether (sulfide) groups is 1. The molecule has 1 atom stereocenters. The zero-order chi connectivity index (χ0) is 17.1. The van der Waals surface area contributed by atoms with Gasteiger partial charge < -0.3 is 4.57 Å². The fraction of sp³-hybridized carbons (Fsp3) is 0.176. The Balaban J connectivity index is 1.83. The van der Waals surface area contributed by atoms with E-state index in [0.29, 0.717) is 0 Å². The van der Waals surface area contributed by atoms with E-state index in [1.54, 1.807) is 12.1 Å². The summed E-state index contributed by atoms with van der Waals surface area (Å²) in [4.78, 5) is 10.5. The molecule has 3 aromatic rings. The standard InChI is InChI=1S/C17H16N4O2S/c1-12(14-9-6-10-15(11-14)21(22)23)24-17-19-18-16(20(17)2)13-7-4-3-5-8-13/h3-12H,1-2H3/t12-/m0/s1. The van der Waals surface area contributed by atoms with Crippen LogP contribution in [0, 0.1) is 10.1 Å². The molecule has 122 valence electrons. The summed E-state index contributed by atoms with van der Waals surface area (Å²) in [5, 5.41) is 20.2. The minimum Gasteiger partial charge on any atom is -0.305 e. The maximum absolute atomic E-state index is 10.9. The van der Waals surface area contributed by atoms with Crippen LogP contribution in [-0.2, 0) is 7.05 Å². The van der Waals surface area contributed by atoms with Crippen LogP contribution in [-0.4, -0.2) is 19.7 Å². The van der Waals surface area contributed by atoms with Gasteiger partial charge in [-0.1, -0.05) is 54.2 Å². The van der Waals surface area contributed by atoms with Crippen molar-refractivity contribution in [2.45, 2.75) is 17.3 Å². The van der Waals surface area contributed by atoms with Gasteiger partial charge in [0.2, 0.25) is 0 Å². The summed E-state index contributed by atoms with van der Waals surface area (Å²) in [6, 6.07) is 16.6. The van der Waals surface area contributed by atoms with Crippen molar-refractivity contribution < 1.29 is 4.92 Å². The molecule has 6 nitrogen and oxygen atoms in total. The van der Waals surface area contributed by atoms with Gasteiger partial charge in [-0.3, -0.25) is 10.1 Å². The number of non-ortho nitro benzene ring substituents is 1. The Morgan fingerprint density at radius 3 is 2.58 bits per heavy atom. The lowest BCUT2D eigenvalue weighted by atomic mass is 10.1. The van der Waals surface area contributed by atoms with Gasteiger partial charge in [-0.2, -0.15) is 0 Å². The lowest BCUT2D eigenvalue weighted by Crippen LogP contribution is -1.97. The highest BCUT2D eigenvalue weighted by Gasteiger charge is 2.17. The molecule has 7 heteroatoms. The van der Waals surface area contributed by atoms with E-state index in [4.69, 9.17) is 0 Å². The van der Waals surface area contributed by atoms with Gasteiger partial charge in [-0.25, -0.2) is 0 Å². The summed E-state index contributed by atoms with van der Waals surface area (Å²) in [6.45, 7) is 2.00. The Kier molecular flexibility index (Phi) is 4.61. The molecular formula is C17H16N4O2S. The average Bonchev–Trinajstić information content (AvgIpc) is 2.96.